The summed E-state index contributed by atoms with van der Waals surface area (Å²) in [5.74, 6) is 1.67. The topological polar surface area (TPSA) is 75.2 Å². The van der Waals surface area contributed by atoms with Gasteiger partial charge < -0.3 is 25.0 Å². The van der Waals surface area contributed by atoms with Crippen LogP contribution in [0.3, 0.4) is 0 Å². The molecule has 2 rings (SSSR count). The van der Waals surface area contributed by atoms with E-state index in [1.165, 1.54) is 0 Å². The molecule has 8 heteroatoms. The zero-order valence-electron chi connectivity index (χ0n) is 17.7. The van der Waals surface area contributed by atoms with Crippen molar-refractivity contribution in [3.8, 4) is 5.75 Å². The number of halogens is 1. The summed E-state index contributed by atoms with van der Waals surface area (Å²) in [5, 5.41) is 6.80. The summed E-state index contributed by atoms with van der Waals surface area (Å²) in [4.78, 5) is 18.3. The summed E-state index contributed by atoms with van der Waals surface area (Å²) in [6.07, 6.45) is 2.45. The van der Waals surface area contributed by atoms with Crippen molar-refractivity contribution in [3.63, 3.8) is 0 Å². The van der Waals surface area contributed by atoms with Crippen LogP contribution in [0.25, 0.3) is 0 Å². The lowest BCUT2D eigenvalue weighted by Gasteiger charge is -2.32. The van der Waals surface area contributed by atoms with Gasteiger partial charge in [0.1, 0.15) is 11.9 Å². The van der Waals surface area contributed by atoms with Crippen LogP contribution >= 0.6 is 24.0 Å². The number of guanidine groups is 1. The Hall–Kier alpha value is -1.71. The van der Waals surface area contributed by atoms with Gasteiger partial charge in [0.25, 0.3) is 0 Å². The molecule has 7 nitrogen and oxygen atoms in total. The van der Waals surface area contributed by atoms with Crippen LogP contribution in [0.15, 0.2) is 35.3 Å². The van der Waals surface area contributed by atoms with Crippen LogP contribution < -0.4 is 15.4 Å². The summed E-state index contributed by atoms with van der Waals surface area (Å²) in [7, 11) is 0. The first kappa shape index (κ1) is 25.3. The van der Waals surface area contributed by atoms with Crippen LogP contribution in [0.4, 0.5) is 4.79 Å². The second kappa shape index (κ2) is 14.3. The number of hydrogen-bond donors (Lipinski definition) is 2. The number of para-hydroxylation sites is 1. The minimum absolute atomic E-state index is 0. The molecule has 1 fully saturated rings. The Morgan fingerprint density at radius 2 is 1.90 bits per heavy atom. The third-order valence-corrected chi connectivity index (χ3v) is 4.66. The molecule has 1 aliphatic rings. The SMILES string of the molecule is CCNC(=NCC(CC)Oc1ccccc1)NC1CCN(C(=O)OCC)CC1.I. The third-order valence-electron chi connectivity index (χ3n) is 4.66. The lowest BCUT2D eigenvalue weighted by molar-refractivity contribution is 0.0963. The van der Waals surface area contributed by atoms with Crippen molar-refractivity contribution in [2.24, 2.45) is 4.99 Å². The molecule has 164 valence electrons. The molecule has 1 amide bonds. The fourth-order valence-corrected chi connectivity index (χ4v) is 3.07. The highest BCUT2D eigenvalue weighted by Crippen LogP contribution is 2.13. The van der Waals surface area contributed by atoms with E-state index in [1.54, 1.807) is 4.90 Å². The van der Waals surface area contributed by atoms with E-state index >= 15 is 0 Å². The molecule has 2 N–H and O–H groups in total. The molecule has 1 heterocycles. The van der Waals surface area contributed by atoms with Gasteiger partial charge in [-0.15, -0.1) is 24.0 Å². The van der Waals surface area contributed by atoms with Crippen molar-refractivity contribution in [1.82, 2.24) is 15.5 Å². The fraction of sp³-hybridized carbons (Fsp3) is 0.619. The van der Waals surface area contributed by atoms with Crippen molar-refractivity contribution in [2.75, 3.05) is 32.8 Å². The molecule has 1 atom stereocenters. The molecule has 0 saturated carbocycles. The standard InChI is InChI=1S/C21H34N4O3.HI/c1-4-18(28-19-10-8-7-9-11-19)16-23-20(22-5-2)24-17-12-14-25(15-13-17)21(26)27-6-3;/h7-11,17-18H,4-6,12-16H2,1-3H3,(H2,22,23,24);1H. The summed E-state index contributed by atoms with van der Waals surface area (Å²) in [5.41, 5.74) is 0. The Morgan fingerprint density at radius 3 is 2.48 bits per heavy atom. The number of carbonyl (C=O) groups is 1. The molecule has 1 aromatic rings. The number of likely N-dealkylation sites (tertiary alicyclic amines) is 1. The Bertz CT molecular complexity index is 607. The predicted octanol–water partition coefficient (Wildman–Crippen LogP) is 3.64. The van der Waals surface area contributed by atoms with Crippen molar-refractivity contribution in [2.45, 2.75) is 52.2 Å². The van der Waals surface area contributed by atoms with Gasteiger partial charge in [0.15, 0.2) is 5.96 Å². The molecule has 0 bridgehead atoms. The van der Waals surface area contributed by atoms with Gasteiger partial charge in [-0.3, -0.25) is 0 Å². The molecule has 0 aliphatic carbocycles. The number of aliphatic imine (C=N–C) groups is 1. The van der Waals surface area contributed by atoms with Gasteiger partial charge in [0.2, 0.25) is 0 Å². The largest absolute Gasteiger partial charge is 0.489 e. The maximum Gasteiger partial charge on any atom is 0.409 e. The zero-order chi connectivity index (χ0) is 20.2. The number of amides is 1. The predicted molar refractivity (Wildman–Crippen MR) is 127 cm³/mol. The van der Waals surface area contributed by atoms with E-state index in [4.69, 9.17) is 14.5 Å². The normalized spacial score (nSPS) is 15.8. The molecule has 1 aliphatic heterocycles. The van der Waals surface area contributed by atoms with Gasteiger partial charge in [-0.2, -0.15) is 0 Å². The van der Waals surface area contributed by atoms with Crippen LogP contribution in [0.5, 0.6) is 5.75 Å². The van der Waals surface area contributed by atoms with E-state index in [9.17, 15) is 4.79 Å². The lowest BCUT2D eigenvalue weighted by Crippen LogP contribution is -2.50. The first-order valence-corrected chi connectivity index (χ1v) is 10.3. The molecular formula is C21H35IN4O3. The highest BCUT2D eigenvalue weighted by molar-refractivity contribution is 14.0. The Kier molecular flexibility index (Phi) is 12.5. The summed E-state index contributed by atoms with van der Waals surface area (Å²) in [6.45, 7) is 9.18. The third kappa shape index (κ3) is 9.10. The van der Waals surface area contributed by atoms with Gasteiger partial charge in [-0.1, -0.05) is 25.1 Å². The van der Waals surface area contributed by atoms with E-state index in [0.717, 1.165) is 37.5 Å². The molecule has 0 spiro atoms. The van der Waals surface area contributed by atoms with Crippen molar-refractivity contribution < 1.29 is 14.3 Å². The molecular weight excluding hydrogens is 483 g/mol. The monoisotopic (exact) mass is 518 g/mol. The highest BCUT2D eigenvalue weighted by Gasteiger charge is 2.24. The van der Waals surface area contributed by atoms with Gasteiger partial charge in [-0.05, 0) is 45.2 Å². The number of nitrogens with zero attached hydrogens (tertiary/aromatic N) is 2. The minimum atomic E-state index is -0.217. The second-order valence-electron chi connectivity index (χ2n) is 6.79. The van der Waals surface area contributed by atoms with Crippen LogP contribution in [0.1, 0.15) is 40.0 Å². The number of piperidine rings is 1. The average molecular weight is 518 g/mol. The molecule has 1 aromatic carbocycles. The Morgan fingerprint density at radius 1 is 1.21 bits per heavy atom. The zero-order valence-corrected chi connectivity index (χ0v) is 20.1. The van der Waals surface area contributed by atoms with Gasteiger partial charge in [-0.25, -0.2) is 9.79 Å². The number of nitrogens with one attached hydrogen (secondary N) is 2. The number of hydrogen-bond acceptors (Lipinski definition) is 4. The smallest absolute Gasteiger partial charge is 0.409 e. The van der Waals surface area contributed by atoms with Crippen LogP contribution in [-0.2, 0) is 4.74 Å². The van der Waals surface area contributed by atoms with E-state index in [2.05, 4.69) is 24.5 Å². The molecule has 0 aromatic heterocycles. The Labute approximate surface area is 191 Å². The average Bonchev–Trinajstić information content (AvgIpc) is 2.72. The van der Waals surface area contributed by atoms with Gasteiger partial charge >= 0.3 is 6.09 Å². The number of carbonyl (C=O) groups excluding carboxylic acids is 1. The van der Waals surface area contributed by atoms with Crippen molar-refractivity contribution in [1.29, 1.82) is 0 Å². The first-order chi connectivity index (χ1) is 13.7. The summed E-state index contributed by atoms with van der Waals surface area (Å²) < 4.78 is 11.1. The number of rotatable bonds is 8. The quantitative estimate of drug-likeness (QED) is 0.312. The van der Waals surface area contributed by atoms with Crippen LogP contribution in [0.2, 0.25) is 0 Å². The van der Waals surface area contributed by atoms with Crippen LogP contribution in [0, 0.1) is 0 Å². The van der Waals surface area contributed by atoms with Gasteiger partial charge in [0.05, 0.1) is 13.2 Å². The van der Waals surface area contributed by atoms with Crippen molar-refractivity contribution in [3.05, 3.63) is 30.3 Å². The molecule has 0 radical (unpaired) electrons. The number of benzene rings is 1. The van der Waals surface area contributed by atoms with Gasteiger partial charge in [0, 0.05) is 25.7 Å². The first-order valence-electron chi connectivity index (χ1n) is 10.3. The van der Waals surface area contributed by atoms with E-state index in [1.807, 2.05) is 37.3 Å². The van der Waals surface area contributed by atoms with E-state index in [0.29, 0.717) is 32.3 Å². The Balaban J connectivity index is 0.00000420. The summed E-state index contributed by atoms with van der Waals surface area (Å²) >= 11 is 0. The van der Waals surface area contributed by atoms with Crippen molar-refractivity contribution >= 4 is 36.0 Å². The summed E-state index contributed by atoms with van der Waals surface area (Å²) in [6, 6.07) is 10.1. The lowest BCUT2D eigenvalue weighted by atomic mass is 10.1. The highest BCUT2D eigenvalue weighted by atomic mass is 127. The maximum atomic E-state index is 11.8. The number of ether oxygens (including phenoxy) is 2. The van der Waals surface area contributed by atoms with E-state index < -0.39 is 0 Å². The minimum Gasteiger partial charge on any atom is -0.489 e. The fourth-order valence-electron chi connectivity index (χ4n) is 3.07. The van der Waals surface area contributed by atoms with E-state index in [-0.39, 0.29) is 36.2 Å². The maximum absolute atomic E-state index is 11.8. The second-order valence-corrected chi connectivity index (χ2v) is 6.79. The van der Waals surface area contributed by atoms with Crippen LogP contribution in [-0.4, -0.2) is 61.9 Å². The molecule has 1 saturated heterocycles. The molecule has 29 heavy (non-hydrogen) atoms. The molecule has 1 unspecified atom stereocenters.